The molecule has 0 spiro atoms. The van der Waals surface area contributed by atoms with E-state index in [4.69, 9.17) is 22.8 Å². The molecule has 1 saturated heterocycles. The highest BCUT2D eigenvalue weighted by Gasteiger charge is 2.36. The number of ether oxygens (including phenoxy) is 1. The Kier molecular flexibility index (Phi) is 7.91. The van der Waals surface area contributed by atoms with E-state index in [0.717, 1.165) is 6.42 Å². The van der Waals surface area contributed by atoms with E-state index in [0.29, 0.717) is 30.0 Å². The van der Waals surface area contributed by atoms with Crippen molar-refractivity contribution in [2.45, 2.75) is 36.7 Å². The van der Waals surface area contributed by atoms with Crippen molar-refractivity contribution >= 4 is 33.5 Å². The maximum atomic E-state index is 13.6. The maximum absolute atomic E-state index is 13.6. The molecular weight excluding hydrogens is 452 g/mol. The number of nitrogens with one attached hydrogen (secondary N) is 1. The normalized spacial score (nSPS) is 16.7. The van der Waals surface area contributed by atoms with Gasteiger partial charge >= 0.3 is 5.97 Å². The Bertz CT molecular complexity index is 1130. The zero-order valence-electron chi connectivity index (χ0n) is 17.3. The van der Waals surface area contributed by atoms with Gasteiger partial charge in [-0.1, -0.05) is 29.7 Å². The summed E-state index contributed by atoms with van der Waals surface area (Å²) < 4.78 is 33.2. The predicted molar refractivity (Wildman–Crippen MR) is 120 cm³/mol. The number of halogens is 1. The van der Waals surface area contributed by atoms with Crippen LogP contribution in [0.4, 0.5) is 0 Å². The summed E-state index contributed by atoms with van der Waals surface area (Å²) in [6, 6.07) is 11.3. The average molecular weight is 475 g/mol. The van der Waals surface area contributed by atoms with Crippen LogP contribution in [0.15, 0.2) is 53.4 Å². The van der Waals surface area contributed by atoms with Crippen molar-refractivity contribution in [1.29, 1.82) is 0 Å². The van der Waals surface area contributed by atoms with Gasteiger partial charge in [0.1, 0.15) is 6.04 Å². The number of benzene rings is 2. The molecule has 3 rings (SSSR count). The Morgan fingerprint density at radius 2 is 1.97 bits per heavy atom. The minimum absolute atomic E-state index is 0.0310. The highest BCUT2D eigenvalue weighted by atomic mass is 35.5. The fourth-order valence-corrected chi connectivity index (χ4v) is 5.20. The zero-order chi connectivity index (χ0) is 23.1. The monoisotopic (exact) mass is 474 g/mol. The Hall–Kier alpha value is -2.86. The minimum Gasteiger partial charge on any atom is -0.449 e. The fourth-order valence-electron chi connectivity index (χ4n) is 3.47. The Morgan fingerprint density at radius 3 is 2.69 bits per heavy atom. The van der Waals surface area contributed by atoms with E-state index in [1.54, 1.807) is 18.2 Å². The molecule has 1 aliphatic heterocycles. The van der Waals surface area contributed by atoms with Crippen LogP contribution in [0.2, 0.25) is 5.02 Å². The second-order valence-corrected chi connectivity index (χ2v) is 9.61. The molecule has 1 atom stereocenters. The number of sulfonamides is 1. The standard InChI is InChI=1S/C23H23ClN2O5S/c1-2-14-31-23(28)18-7-5-6-17(15-18)16-26(21-8-3-4-13-25-22(21)27)32(29,30)20-11-9-19(24)10-12-20/h1,5-7,9-12,15,21H,3-4,8,13-14,16H2,(H,25,27)/t21-/m1/s1. The third-order valence-corrected chi connectivity index (χ3v) is 7.18. The van der Waals surface area contributed by atoms with Crippen LogP contribution in [-0.4, -0.2) is 43.8 Å². The van der Waals surface area contributed by atoms with Crippen molar-refractivity contribution in [1.82, 2.24) is 9.62 Å². The van der Waals surface area contributed by atoms with Gasteiger partial charge in [-0.25, -0.2) is 13.2 Å². The Morgan fingerprint density at radius 1 is 1.22 bits per heavy atom. The third kappa shape index (κ3) is 5.68. The summed E-state index contributed by atoms with van der Waals surface area (Å²) in [5.41, 5.74) is 0.779. The van der Waals surface area contributed by atoms with Crippen LogP contribution in [0.3, 0.4) is 0 Å². The first-order chi connectivity index (χ1) is 15.3. The lowest BCUT2D eigenvalue weighted by Gasteiger charge is -2.29. The maximum Gasteiger partial charge on any atom is 0.339 e. The molecule has 2 aromatic carbocycles. The SMILES string of the molecule is C#CCOC(=O)c1cccc(CN([C@@H]2CCCCNC2=O)S(=O)(=O)c2ccc(Cl)cc2)c1. The van der Waals surface area contributed by atoms with Gasteiger partial charge < -0.3 is 10.1 Å². The van der Waals surface area contributed by atoms with Gasteiger partial charge in [0.05, 0.1) is 10.5 Å². The number of amides is 1. The molecule has 0 saturated carbocycles. The predicted octanol–water partition coefficient (Wildman–Crippen LogP) is 2.99. The van der Waals surface area contributed by atoms with Crippen LogP contribution >= 0.6 is 11.6 Å². The number of esters is 1. The quantitative estimate of drug-likeness (QED) is 0.492. The lowest BCUT2D eigenvalue weighted by atomic mass is 10.1. The van der Waals surface area contributed by atoms with Gasteiger partial charge in [0.25, 0.3) is 0 Å². The minimum atomic E-state index is -4.04. The highest BCUT2D eigenvalue weighted by molar-refractivity contribution is 7.89. The van der Waals surface area contributed by atoms with Gasteiger partial charge in [0.2, 0.25) is 15.9 Å². The first-order valence-corrected chi connectivity index (χ1v) is 11.9. The molecule has 0 bridgehead atoms. The summed E-state index contributed by atoms with van der Waals surface area (Å²) in [6.45, 7) is 0.238. The second-order valence-electron chi connectivity index (χ2n) is 7.29. The fraction of sp³-hybridized carbons (Fsp3) is 0.304. The van der Waals surface area contributed by atoms with E-state index in [1.807, 2.05) is 0 Å². The Balaban J connectivity index is 1.98. The van der Waals surface area contributed by atoms with Crippen LogP contribution in [0.1, 0.15) is 35.2 Å². The molecule has 168 valence electrons. The molecule has 1 fully saturated rings. The average Bonchev–Trinajstić information content (AvgIpc) is 3.00. The zero-order valence-corrected chi connectivity index (χ0v) is 18.9. The molecule has 9 heteroatoms. The summed E-state index contributed by atoms with van der Waals surface area (Å²) in [4.78, 5) is 24.9. The van der Waals surface area contributed by atoms with Crippen molar-refractivity contribution in [3.63, 3.8) is 0 Å². The van der Waals surface area contributed by atoms with E-state index >= 15 is 0 Å². The van der Waals surface area contributed by atoms with Gasteiger partial charge in [-0.05, 0) is 61.2 Å². The number of hydrogen-bond donors (Lipinski definition) is 1. The lowest BCUT2D eigenvalue weighted by molar-refractivity contribution is -0.124. The Labute approximate surface area is 192 Å². The largest absolute Gasteiger partial charge is 0.449 e. The van der Waals surface area contributed by atoms with E-state index in [9.17, 15) is 18.0 Å². The molecule has 32 heavy (non-hydrogen) atoms. The molecule has 0 aromatic heterocycles. The van der Waals surface area contributed by atoms with Crippen LogP contribution in [0.25, 0.3) is 0 Å². The van der Waals surface area contributed by atoms with Gasteiger partial charge in [0, 0.05) is 18.1 Å². The molecule has 1 aliphatic rings. The lowest BCUT2D eigenvalue weighted by Crippen LogP contribution is -2.48. The molecule has 2 aromatic rings. The van der Waals surface area contributed by atoms with Crippen LogP contribution < -0.4 is 5.32 Å². The van der Waals surface area contributed by atoms with E-state index < -0.39 is 22.0 Å². The van der Waals surface area contributed by atoms with Crippen LogP contribution in [0.5, 0.6) is 0 Å². The first kappa shape index (κ1) is 23.8. The number of hydrogen-bond acceptors (Lipinski definition) is 5. The molecule has 0 aliphatic carbocycles. The molecule has 1 amide bonds. The van der Waals surface area contributed by atoms with E-state index in [2.05, 4.69) is 11.2 Å². The van der Waals surface area contributed by atoms with Crippen molar-refractivity contribution < 1.29 is 22.7 Å². The second kappa shape index (κ2) is 10.6. The van der Waals surface area contributed by atoms with Crippen molar-refractivity contribution in [2.75, 3.05) is 13.2 Å². The summed E-state index contributed by atoms with van der Waals surface area (Å²) >= 11 is 5.92. The highest BCUT2D eigenvalue weighted by Crippen LogP contribution is 2.26. The topological polar surface area (TPSA) is 92.8 Å². The number of carbonyl (C=O) groups is 2. The summed E-state index contributed by atoms with van der Waals surface area (Å²) in [5, 5.41) is 3.19. The number of carbonyl (C=O) groups excluding carboxylic acids is 2. The first-order valence-electron chi connectivity index (χ1n) is 10.1. The van der Waals surface area contributed by atoms with Crippen molar-refractivity contribution in [3.8, 4) is 12.3 Å². The van der Waals surface area contributed by atoms with Gasteiger partial charge in [-0.3, -0.25) is 4.79 Å². The van der Waals surface area contributed by atoms with E-state index in [-0.39, 0.29) is 29.5 Å². The van der Waals surface area contributed by atoms with Crippen molar-refractivity contribution in [3.05, 3.63) is 64.7 Å². The molecule has 0 radical (unpaired) electrons. The summed E-state index contributed by atoms with van der Waals surface area (Å²) in [5.74, 6) is 1.28. The van der Waals surface area contributed by atoms with Gasteiger partial charge in [-0.15, -0.1) is 6.42 Å². The third-order valence-electron chi connectivity index (χ3n) is 5.06. The van der Waals surface area contributed by atoms with Gasteiger partial charge in [0.15, 0.2) is 6.61 Å². The van der Waals surface area contributed by atoms with Crippen LogP contribution in [0, 0.1) is 12.3 Å². The molecule has 1 heterocycles. The van der Waals surface area contributed by atoms with Crippen molar-refractivity contribution in [2.24, 2.45) is 0 Å². The molecule has 1 N–H and O–H groups in total. The summed E-state index contributed by atoms with van der Waals surface area (Å²) in [6.07, 6.45) is 6.99. The smallest absolute Gasteiger partial charge is 0.339 e. The van der Waals surface area contributed by atoms with Crippen LogP contribution in [-0.2, 0) is 26.1 Å². The number of nitrogens with zero attached hydrogens (tertiary/aromatic N) is 1. The van der Waals surface area contributed by atoms with Gasteiger partial charge in [-0.2, -0.15) is 4.31 Å². The summed E-state index contributed by atoms with van der Waals surface area (Å²) in [7, 11) is -4.04. The number of rotatable bonds is 7. The van der Waals surface area contributed by atoms with E-state index in [1.165, 1.54) is 34.6 Å². The number of terminal acetylenes is 1. The molecular formula is C23H23ClN2O5S. The molecule has 0 unspecified atom stereocenters. The molecule has 7 nitrogen and oxygen atoms in total.